The minimum atomic E-state index is 0.550. The van der Waals surface area contributed by atoms with Gasteiger partial charge in [-0.25, -0.2) is 0 Å². The molecule has 4 heteroatoms. The Kier molecular flexibility index (Phi) is 7.02. The van der Waals surface area contributed by atoms with E-state index in [1.54, 1.807) is 28.4 Å². The minimum absolute atomic E-state index is 0.550. The number of ether oxygens (including phenoxy) is 4. The summed E-state index contributed by atoms with van der Waals surface area (Å²) in [7, 11) is 6.80. The average molecular weight is 268 g/mol. The topological polar surface area (TPSA) is 36.9 Å². The van der Waals surface area contributed by atoms with Gasteiger partial charge in [-0.2, -0.15) is 0 Å². The molecule has 0 aliphatic heterocycles. The van der Waals surface area contributed by atoms with Crippen molar-refractivity contribution in [3.8, 4) is 0 Å². The average Bonchev–Trinajstić information content (AvgIpc) is 2.38. The first kappa shape index (κ1) is 16.1. The number of rotatable bonds is 8. The summed E-state index contributed by atoms with van der Waals surface area (Å²) in [5.74, 6) is 0. The molecule has 1 rings (SSSR count). The molecule has 0 heterocycles. The van der Waals surface area contributed by atoms with Gasteiger partial charge < -0.3 is 18.9 Å². The SMILES string of the molecule is COCc1cc(C)c(COC)c(COC)c1COC. The lowest BCUT2D eigenvalue weighted by molar-refractivity contribution is 0.152. The highest BCUT2D eigenvalue weighted by Gasteiger charge is 2.16. The van der Waals surface area contributed by atoms with Crippen molar-refractivity contribution in [1.29, 1.82) is 0 Å². The second-order valence-electron chi connectivity index (χ2n) is 4.52. The molecule has 0 N–H and O–H groups in total. The Balaban J connectivity index is 3.35. The van der Waals surface area contributed by atoms with Crippen molar-refractivity contribution < 1.29 is 18.9 Å². The van der Waals surface area contributed by atoms with E-state index in [1.807, 2.05) is 0 Å². The number of benzene rings is 1. The highest BCUT2D eigenvalue weighted by atomic mass is 16.5. The molecule has 0 aromatic heterocycles. The Hall–Kier alpha value is -0.940. The summed E-state index contributed by atoms with van der Waals surface area (Å²) >= 11 is 0. The van der Waals surface area contributed by atoms with Gasteiger partial charge in [-0.15, -0.1) is 0 Å². The van der Waals surface area contributed by atoms with Crippen LogP contribution >= 0.6 is 0 Å². The Labute approximate surface area is 115 Å². The number of hydrogen-bond acceptors (Lipinski definition) is 4. The lowest BCUT2D eigenvalue weighted by atomic mass is 9.93. The van der Waals surface area contributed by atoms with Crippen LogP contribution in [0, 0.1) is 6.92 Å². The predicted molar refractivity (Wildman–Crippen MR) is 74.0 cm³/mol. The van der Waals surface area contributed by atoms with E-state index in [4.69, 9.17) is 18.9 Å². The molecule has 19 heavy (non-hydrogen) atoms. The van der Waals surface area contributed by atoms with Crippen LogP contribution in [0.4, 0.5) is 0 Å². The molecule has 0 unspecified atom stereocenters. The third-order valence-electron chi connectivity index (χ3n) is 3.15. The third kappa shape index (κ3) is 4.01. The van der Waals surface area contributed by atoms with Gasteiger partial charge in [-0.3, -0.25) is 0 Å². The molecule has 0 saturated heterocycles. The summed E-state index contributed by atoms with van der Waals surface area (Å²) in [5.41, 5.74) is 5.81. The van der Waals surface area contributed by atoms with Gasteiger partial charge in [-0.05, 0) is 34.7 Å². The lowest BCUT2D eigenvalue weighted by Gasteiger charge is -2.20. The van der Waals surface area contributed by atoms with E-state index in [9.17, 15) is 0 Å². The smallest absolute Gasteiger partial charge is 0.0720 e. The summed E-state index contributed by atoms with van der Waals surface area (Å²) in [4.78, 5) is 0. The molecule has 0 spiro atoms. The maximum absolute atomic E-state index is 5.34. The van der Waals surface area contributed by atoms with Crippen LogP contribution < -0.4 is 0 Å². The first-order chi connectivity index (χ1) is 9.19. The summed E-state index contributed by atoms with van der Waals surface area (Å²) in [6.07, 6.45) is 0. The van der Waals surface area contributed by atoms with Crippen LogP contribution in [-0.4, -0.2) is 28.4 Å². The minimum Gasteiger partial charge on any atom is -0.380 e. The Bertz CT molecular complexity index is 402. The van der Waals surface area contributed by atoms with E-state index in [2.05, 4.69) is 13.0 Å². The molecule has 0 saturated carbocycles. The molecule has 108 valence electrons. The van der Waals surface area contributed by atoms with Gasteiger partial charge >= 0.3 is 0 Å². The molecule has 1 aromatic rings. The third-order valence-corrected chi connectivity index (χ3v) is 3.15. The molecule has 0 bridgehead atoms. The van der Waals surface area contributed by atoms with Gasteiger partial charge in [0.25, 0.3) is 0 Å². The predicted octanol–water partition coefficient (Wildman–Crippen LogP) is 2.58. The van der Waals surface area contributed by atoms with Crippen LogP contribution in [0.3, 0.4) is 0 Å². The molecular formula is C15H24O4. The lowest BCUT2D eigenvalue weighted by Crippen LogP contribution is -2.10. The zero-order chi connectivity index (χ0) is 14.3. The zero-order valence-corrected chi connectivity index (χ0v) is 12.5. The summed E-state index contributed by atoms with van der Waals surface area (Å²) in [6.45, 7) is 4.34. The van der Waals surface area contributed by atoms with Crippen molar-refractivity contribution in [2.45, 2.75) is 33.4 Å². The van der Waals surface area contributed by atoms with Crippen LogP contribution in [0.15, 0.2) is 6.07 Å². The van der Waals surface area contributed by atoms with Crippen molar-refractivity contribution in [2.24, 2.45) is 0 Å². The molecule has 0 fully saturated rings. The van der Waals surface area contributed by atoms with E-state index >= 15 is 0 Å². The van der Waals surface area contributed by atoms with Crippen molar-refractivity contribution >= 4 is 0 Å². The Morgan fingerprint density at radius 1 is 0.684 bits per heavy atom. The van der Waals surface area contributed by atoms with Gasteiger partial charge in [0.1, 0.15) is 0 Å². The van der Waals surface area contributed by atoms with Gasteiger partial charge in [0.15, 0.2) is 0 Å². The molecule has 0 aliphatic rings. The summed E-state index contributed by atoms with van der Waals surface area (Å²) < 4.78 is 21.2. The highest BCUT2D eigenvalue weighted by Crippen LogP contribution is 2.26. The fourth-order valence-electron chi connectivity index (χ4n) is 2.32. The molecular weight excluding hydrogens is 244 g/mol. The molecule has 0 radical (unpaired) electrons. The fourth-order valence-corrected chi connectivity index (χ4v) is 2.32. The normalized spacial score (nSPS) is 11.0. The van der Waals surface area contributed by atoms with Crippen molar-refractivity contribution in [3.63, 3.8) is 0 Å². The van der Waals surface area contributed by atoms with E-state index in [1.165, 1.54) is 11.1 Å². The molecule has 4 nitrogen and oxygen atoms in total. The first-order valence-electron chi connectivity index (χ1n) is 6.28. The maximum Gasteiger partial charge on any atom is 0.0720 e. The largest absolute Gasteiger partial charge is 0.380 e. The van der Waals surface area contributed by atoms with Gasteiger partial charge in [0.05, 0.1) is 26.4 Å². The van der Waals surface area contributed by atoms with E-state index in [-0.39, 0.29) is 0 Å². The Morgan fingerprint density at radius 2 is 1.16 bits per heavy atom. The summed E-state index contributed by atoms with van der Waals surface area (Å²) in [6, 6.07) is 2.14. The van der Waals surface area contributed by atoms with Gasteiger partial charge in [0, 0.05) is 28.4 Å². The monoisotopic (exact) mass is 268 g/mol. The molecule has 0 aliphatic carbocycles. The van der Waals surface area contributed by atoms with Gasteiger partial charge in [-0.1, -0.05) is 6.07 Å². The van der Waals surface area contributed by atoms with Crippen molar-refractivity contribution in [1.82, 2.24) is 0 Å². The van der Waals surface area contributed by atoms with E-state index in [0.29, 0.717) is 26.4 Å². The van der Waals surface area contributed by atoms with E-state index in [0.717, 1.165) is 16.7 Å². The maximum atomic E-state index is 5.34. The standard InChI is InChI=1S/C15H24O4/c1-11-6-12(7-16-2)14(9-18-4)15(10-19-5)13(11)8-17-3/h6H,7-10H2,1-5H3. The zero-order valence-electron chi connectivity index (χ0n) is 12.5. The molecule has 1 aromatic carbocycles. The molecule has 0 atom stereocenters. The second kappa shape index (κ2) is 8.27. The summed E-state index contributed by atoms with van der Waals surface area (Å²) in [5, 5.41) is 0. The fraction of sp³-hybridized carbons (Fsp3) is 0.600. The highest BCUT2D eigenvalue weighted by molar-refractivity contribution is 5.45. The van der Waals surface area contributed by atoms with Gasteiger partial charge in [0.2, 0.25) is 0 Å². The van der Waals surface area contributed by atoms with Crippen LogP contribution in [0.2, 0.25) is 0 Å². The van der Waals surface area contributed by atoms with E-state index < -0.39 is 0 Å². The van der Waals surface area contributed by atoms with Crippen LogP contribution in [-0.2, 0) is 45.4 Å². The number of aryl methyl sites for hydroxylation is 1. The second-order valence-corrected chi connectivity index (χ2v) is 4.52. The van der Waals surface area contributed by atoms with Crippen LogP contribution in [0.1, 0.15) is 27.8 Å². The van der Waals surface area contributed by atoms with Crippen molar-refractivity contribution in [3.05, 3.63) is 33.9 Å². The van der Waals surface area contributed by atoms with Crippen molar-refractivity contribution in [2.75, 3.05) is 28.4 Å². The number of hydrogen-bond donors (Lipinski definition) is 0. The van der Waals surface area contributed by atoms with Crippen LogP contribution in [0.25, 0.3) is 0 Å². The first-order valence-corrected chi connectivity index (χ1v) is 6.28. The quantitative estimate of drug-likeness (QED) is 0.726. The Morgan fingerprint density at radius 3 is 1.68 bits per heavy atom. The van der Waals surface area contributed by atoms with Crippen LogP contribution in [0.5, 0.6) is 0 Å². The molecule has 0 amide bonds. The number of methoxy groups -OCH3 is 4.